The number of hydrogen-bond donors (Lipinski definition) is 1. The van der Waals surface area contributed by atoms with Crippen molar-refractivity contribution < 1.29 is 14.6 Å². The number of benzene rings is 2. The van der Waals surface area contributed by atoms with Gasteiger partial charge in [-0.25, -0.2) is 0 Å². The van der Waals surface area contributed by atoms with Gasteiger partial charge < -0.3 is 14.7 Å². The maximum Gasteiger partial charge on any atom is 0.253 e. The van der Waals surface area contributed by atoms with Crippen LogP contribution in [0.15, 0.2) is 48.5 Å². The molecule has 144 valence electrons. The number of carbonyl (C=O) groups is 1. The van der Waals surface area contributed by atoms with Crippen molar-refractivity contribution in [3.05, 3.63) is 65.2 Å². The Kier molecular flexibility index (Phi) is 5.85. The second-order valence-corrected chi connectivity index (χ2v) is 8.08. The summed E-state index contributed by atoms with van der Waals surface area (Å²) in [5.41, 5.74) is 2.02. The summed E-state index contributed by atoms with van der Waals surface area (Å²) in [4.78, 5) is 15.0. The first kappa shape index (κ1) is 19.4. The molecule has 27 heavy (non-hydrogen) atoms. The first-order valence-electron chi connectivity index (χ1n) is 9.63. The van der Waals surface area contributed by atoms with E-state index in [9.17, 15) is 9.90 Å². The Labute approximate surface area is 161 Å². The molecule has 1 saturated heterocycles. The van der Waals surface area contributed by atoms with E-state index in [1.54, 1.807) is 13.8 Å². The second kappa shape index (κ2) is 8.13. The highest BCUT2D eigenvalue weighted by atomic mass is 16.5. The average molecular weight is 367 g/mol. The van der Waals surface area contributed by atoms with E-state index in [1.165, 1.54) is 5.56 Å². The number of ether oxygens (including phenoxy) is 1. The van der Waals surface area contributed by atoms with Crippen molar-refractivity contribution in [2.24, 2.45) is 0 Å². The lowest BCUT2D eigenvalue weighted by atomic mass is 9.90. The Hall–Kier alpha value is -2.33. The SMILES string of the molecule is Cc1cc(C(=O)N2CCCC(c3ccccc3)C2)ccc1OCC(C)(C)O. The summed E-state index contributed by atoms with van der Waals surface area (Å²) in [6, 6.07) is 16.0. The van der Waals surface area contributed by atoms with E-state index in [0.29, 0.717) is 17.2 Å². The topological polar surface area (TPSA) is 49.8 Å². The van der Waals surface area contributed by atoms with Crippen LogP contribution in [0.1, 0.15) is 54.1 Å². The van der Waals surface area contributed by atoms with Crippen LogP contribution in [0, 0.1) is 6.92 Å². The predicted molar refractivity (Wildman–Crippen MR) is 107 cm³/mol. The van der Waals surface area contributed by atoms with Crippen LogP contribution >= 0.6 is 0 Å². The molecule has 0 bridgehead atoms. The summed E-state index contributed by atoms with van der Waals surface area (Å²) in [5.74, 6) is 1.18. The zero-order valence-electron chi connectivity index (χ0n) is 16.4. The molecule has 2 aromatic rings. The van der Waals surface area contributed by atoms with Crippen LogP contribution in [-0.4, -0.2) is 41.2 Å². The van der Waals surface area contributed by atoms with Crippen LogP contribution in [-0.2, 0) is 0 Å². The van der Waals surface area contributed by atoms with E-state index in [-0.39, 0.29) is 12.5 Å². The highest BCUT2D eigenvalue weighted by molar-refractivity contribution is 5.94. The molecule has 1 aliphatic rings. The molecule has 0 aromatic heterocycles. The number of aliphatic hydroxyl groups is 1. The van der Waals surface area contributed by atoms with E-state index in [4.69, 9.17) is 4.74 Å². The minimum Gasteiger partial charge on any atom is -0.490 e. The number of hydrogen-bond acceptors (Lipinski definition) is 3. The van der Waals surface area contributed by atoms with Crippen molar-refractivity contribution in [3.8, 4) is 5.75 Å². The van der Waals surface area contributed by atoms with Gasteiger partial charge in [-0.05, 0) is 62.9 Å². The maximum absolute atomic E-state index is 13.0. The molecule has 0 radical (unpaired) electrons. The standard InChI is InChI=1S/C23H29NO3/c1-17-14-19(11-12-21(17)27-16-23(2,3)26)22(25)24-13-7-10-20(15-24)18-8-5-4-6-9-18/h4-6,8-9,11-12,14,20,26H,7,10,13,15-16H2,1-3H3. The molecule has 1 unspecified atom stereocenters. The normalized spacial score (nSPS) is 17.6. The van der Waals surface area contributed by atoms with Crippen molar-refractivity contribution in [2.75, 3.05) is 19.7 Å². The van der Waals surface area contributed by atoms with Gasteiger partial charge in [-0.15, -0.1) is 0 Å². The summed E-state index contributed by atoms with van der Waals surface area (Å²) in [6.45, 7) is 7.13. The fourth-order valence-electron chi connectivity index (χ4n) is 3.54. The molecule has 1 N–H and O–H groups in total. The number of rotatable bonds is 5. The van der Waals surface area contributed by atoms with Crippen molar-refractivity contribution in [2.45, 2.75) is 45.1 Å². The monoisotopic (exact) mass is 367 g/mol. The first-order chi connectivity index (χ1) is 12.8. The molecule has 3 rings (SSSR count). The van der Waals surface area contributed by atoms with Crippen LogP contribution in [0.2, 0.25) is 0 Å². The minimum atomic E-state index is -0.888. The van der Waals surface area contributed by atoms with Crippen molar-refractivity contribution in [1.29, 1.82) is 0 Å². The molecule has 1 heterocycles. The number of carbonyl (C=O) groups excluding carboxylic acids is 1. The second-order valence-electron chi connectivity index (χ2n) is 8.08. The molecule has 1 amide bonds. The third kappa shape index (κ3) is 5.10. The largest absolute Gasteiger partial charge is 0.490 e. The fraction of sp³-hybridized carbons (Fsp3) is 0.435. The third-order valence-electron chi connectivity index (χ3n) is 4.98. The van der Waals surface area contributed by atoms with Gasteiger partial charge in [0.05, 0.1) is 5.60 Å². The molecule has 0 spiro atoms. The Morgan fingerprint density at radius 3 is 2.63 bits per heavy atom. The van der Waals surface area contributed by atoms with Crippen molar-refractivity contribution in [1.82, 2.24) is 4.90 Å². The van der Waals surface area contributed by atoms with Gasteiger partial charge in [0, 0.05) is 24.6 Å². The van der Waals surface area contributed by atoms with E-state index in [2.05, 4.69) is 24.3 Å². The summed E-state index contributed by atoms with van der Waals surface area (Å²) in [7, 11) is 0. The van der Waals surface area contributed by atoms with Crippen molar-refractivity contribution >= 4 is 5.91 Å². The summed E-state index contributed by atoms with van der Waals surface area (Å²) >= 11 is 0. The number of nitrogens with zero attached hydrogens (tertiary/aromatic N) is 1. The molecular formula is C23H29NO3. The highest BCUT2D eigenvalue weighted by Crippen LogP contribution is 2.28. The quantitative estimate of drug-likeness (QED) is 0.863. The molecule has 1 aliphatic heterocycles. The van der Waals surface area contributed by atoms with Gasteiger partial charge in [-0.1, -0.05) is 30.3 Å². The molecule has 1 atom stereocenters. The zero-order valence-corrected chi connectivity index (χ0v) is 16.4. The van der Waals surface area contributed by atoms with Gasteiger partial charge in [-0.3, -0.25) is 4.79 Å². The fourth-order valence-corrected chi connectivity index (χ4v) is 3.54. The molecule has 1 fully saturated rings. The molecule has 0 aliphatic carbocycles. The van der Waals surface area contributed by atoms with Crippen LogP contribution in [0.5, 0.6) is 5.75 Å². The van der Waals surface area contributed by atoms with Crippen LogP contribution in [0.4, 0.5) is 0 Å². The predicted octanol–water partition coefficient (Wildman–Crippen LogP) is 4.16. The van der Waals surface area contributed by atoms with Gasteiger partial charge in [-0.2, -0.15) is 0 Å². The number of amides is 1. The lowest BCUT2D eigenvalue weighted by Crippen LogP contribution is -2.39. The van der Waals surface area contributed by atoms with Crippen LogP contribution in [0.3, 0.4) is 0 Å². The van der Waals surface area contributed by atoms with Gasteiger partial charge in [0.15, 0.2) is 0 Å². The smallest absolute Gasteiger partial charge is 0.253 e. The highest BCUT2D eigenvalue weighted by Gasteiger charge is 2.25. The molecule has 0 saturated carbocycles. The maximum atomic E-state index is 13.0. The zero-order chi connectivity index (χ0) is 19.4. The molecule has 2 aromatic carbocycles. The Bertz CT molecular complexity index is 780. The third-order valence-corrected chi connectivity index (χ3v) is 4.98. The van der Waals surface area contributed by atoms with Crippen molar-refractivity contribution in [3.63, 3.8) is 0 Å². The summed E-state index contributed by atoms with van der Waals surface area (Å²) in [5, 5.41) is 9.82. The molecule has 4 heteroatoms. The van der Waals surface area contributed by atoms with E-state index >= 15 is 0 Å². The average Bonchev–Trinajstić information content (AvgIpc) is 2.66. The van der Waals surface area contributed by atoms with Crippen LogP contribution < -0.4 is 4.74 Å². The van der Waals surface area contributed by atoms with Gasteiger partial charge in [0.2, 0.25) is 0 Å². The Morgan fingerprint density at radius 2 is 1.96 bits per heavy atom. The number of aryl methyl sites for hydroxylation is 1. The minimum absolute atomic E-state index is 0.0766. The molecular weight excluding hydrogens is 338 g/mol. The lowest BCUT2D eigenvalue weighted by molar-refractivity contribution is 0.0282. The Balaban J connectivity index is 1.69. The number of piperidine rings is 1. The van der Waals surface area contributed by atoms with Gasteiger partial charge >= 0.3 is 0 Å². The van der Waals surface area contributed by atoms with E-state index in [1.807, 2.05) is 36.1 Å². The molecule has 4 nitrogen and oxygen atoms in total. The van der Waals surface area contributed by atoms with Gasteiger partial charge in [0.25, 0.3) is 5.91 Å². The lowest BCUT2D eigenvalue weighted by Gasteiger charge is -2.33. The number of likely N-dealkylation sites (tertiary alicyclic amines) is 1. The summed E-state index contributed by atoms with van der Waals surface area (Å²) in [6.07, 6.45) is 2.15. The first-order valence-corrected chi connectivity index (χ1v) is 9.63. The summed E-state index contributed by atoms with van der Waals surface area (Å²) < 4.78 is 5.68. The van der Waals surface area contributed by atoms with Crippen LogP contribution in [0.25, 0.3) is 0 Å². The van der Waals surface area contributed by atoms with Gasteiger partial charge in [0.1, 0.15) is 12.4 Å². The van der Waals surface area contributed by atoms with E-state index in [0.717, 1.165) is 31.5 Å². The Morgan fingerprint density at radius 1 is 1.22 bits per heavy atom. The van der Waals surface area contributed by atoms with E-state index < -0.39 is 5.60 Å².